The van der Waals surface area contributed by atoms with Gasteiger partial charge in [-0.15, -0.1) is 0 Å². The van der Waals surface area contributed by atoms with Crippen molar-refractivity contribution in [3.05, 3.63) is 48.0 Å². The lowest BCUT2D eigenvalue weighted by atomic mass is 9.80. The molecule has 0 radical (unpaired) electrons. The number of halogens is 1. The Kier molecular flexibility index (Phi) is 3.88. The molecule has 2 aromatic rings. The van der Waals surface area contributed by atoms with Crippen LogP contribution >= 0.6 is 0 Å². The highest BCUT2D eigenvalue weighted by molar-refractivity contribution is 5.92. The van der Waals surface area contributed by atoms with Crippen molar-refractivity contribution in [1.82, 2.24) is 10.2 Å². The van der Waals surface area contributed by atoms with Crippen LogP contribution in [0.3, 0.4) is 0 Å². The molecule has 0 spiro atoms. The second kappa shape index (κ2) is 6.06. The van der Waals surface area contributed by atoms with E-state index in [1.165, 1.54) is 6.07 Å². The molecule has 24 heavy (non-hydrogen) atoms. The van der Waals surface area contributed by atoms with Crippen LogP contribution in [-0.4, -0.2) is 36.0 Å². The van der Waals surface area contributed by atoms with Crippen molar-refractivity contribution in [2.24, 2.45) is 5.92 Å². The minimum Gasteiger partial charge on any atom is -0.451 e. The highest BCUT2D eigenvalue weighted by atomic mass is 19.1. The molecule has 4 nitrogen and oxygen atoms in total. The Morgan fingerprint density at radius 3 is 2.83 bits per heavy atom. The summed E-state index contributed by atoms with van der Waals surface area (Å²) in [7, 11) is 0. The third-order valence-corrected chi connectivity index (χ3v) is 5.34. The van der Waals surface area contributed by atoms with Gasteiger partial charge in [-0.1, -0.05) is 12.1 Å². The Morgan fingerprint density at radius 2 is 2.12 bits per heavy atom. The van der Waals surface area contributed by atoms with Gasteiger partial charge in [-0.2, -0.15) is 0 Å². The van der Waals surface area contributed by atoms with Gasteiger partial charge in [0.1, 0.15) is 11.6 Å². The Balaban J connectivity index is 1.47. The number of benzene rings is 1. The predicted octanol–water partition coefficient (Wildman–Crippen LogP) is 3.30. The van der Waals surface area contributed by atoms with E-state index in [-0.39, 0.29) is 23.5 Å². The quantitative estimate of drug-likeness (QED) is 0.940. The number of fused-ring (bicyclic) bond motifs is 3. The predicted molar refractivity (Wildman–Crippen MR) is 89.1 cm³/mol. The molecule has 3 aliphatic heterocycles. The van der Waals surface area contributed by atoms with Gasteiger partial charge in [0.15, 0.2) is 5.76 Å². The lowest BCUT2D eigenvalue weighted by Gasteiger charge is -2.48. The van der Waals surface area contributed by atoms with E-state index in [1.807, 2.05) is 0 Å². The lowest BCUT2D eigenvalue weighted by molar-refractivity contribution is 0.0269. The third kappa shape index (κ3) is 2.73. The van der Waals surface area contributed by atoms with Gasteiger partial charge < -0.3 is 9.73 Å². The van der Waals surface area contributed by atoms with E-state index in [1.54, 1.807) is 30.3 Å². The van der Waals surface area contributed by atoms with Crippen LogP contribution in [0.2, 0.25) is 0 Å². The van der Waals surface area contributed by atoms with Gasteiger partial charge in [0, 0.05) is 18.6 Å². The molecule has 3 fully saturated rings. The highest BCUT2D eigenvalue weighted by Gasteiger charge is 2.39. The molecule has 1 N–H and O–H groups in total. The largest absolute Gasteiger partial charge is 0.451 e. The Hall–Kier alpha value is -2.14. The van der Waals surface area contributed by atoms with Crippen molar-refractivity contribution in [2.75, 3.05) is 13.1 Å². The van der Waals surface area contributed by atoms with Crippen LogP contribution in [0.15, 0.2) is 40.8 Å². The molecule has 4 atom stereocenters. The van der Waals surface area contributed by atoms with Crippen molar-refractivity contribution >= 4 is 5.91 Å². The third-order valence-electron chi connectivity index (χ3n) is 5.34. The molecule has 4 heterocycles. The highest BCUT2D eigenvalue weighted by Crippen LogP contribution is 2.32. The standard InChI is InChI=1S/C19H21FN2O2/c1-12-10-13-8-9-22(12)11-16(13)21-19(23)18-7-6-17(24-18)14-4-2-3-5-15(14)20/h2-7,12-13,16H,8-11H2,1H3,(H,21,23)/t12?,13?,16-/m0/s1. The second-order valence-corrected chi connectivity index (χ2v) is 6.85. The summed E-state index contributed by atoms with van der Waals surface area (Å²) in [6.45, 7) is 4.27. The zero-order valence-electron chi connectivity index (χ0n) is 13.7. The summed E-state index contributed by atoms with van der Waals surface area (Å²) >= 11 is 0. The van der Waals surface area contributed by atoms with Gasteiger partial charge in [-0.05, 0) is 56.5 Å². The topological polar surface area (TPSA) is 45.5 Å². The molecule has 5 heteroatoms. The average molecular weight is 328 g/mol. The average Bonchev–Trinajstić information content (AvgIpc) is 3.06. The number of hydrogen-bond donors (Lipinski definition) is 1. The van der Waals surface area contributed by atoms with Crippen LogP contribution in [0, 0.1) is 11.7 Å². The number of rotatable bonds is 3. The summed E-state index contributed by atoms with van der Waals surface area (Å²) in [5.41, 5.74) is 0.369. The first-order valence-electron chi connectivity index (χ1n) is 8.51. The number of carbonyl (C=O) groups excluding carboxylic acids is 1. The van der Waals surface area contributed by atoms with Crippen LogP contribution in [0.25, 0.3) is 11.3 Å². The van der Waals surface area contributed by atoms with E-state index in [4.69, 9.17) is 4.42 Å². The van der Waals surface area contributed by atoms with Gasteiger partial charge >= 0.3 is 0 Å². The molecule has 0 aliphatic carbocycles. The number of amides is 1. The van der Waals surface area contributed by atoms with Crippen molar-refractivity contribution in [1.29, 1.82) is 0 Å². The molecule has 1 amide bonds. The first-order chi connectivity index (χ1) is 11.6. The first-order valence-corrected chi connectivity index (χ1v) is 8.51. The second-order valence-electron chi connectivity index (χ2n) is 6.85. The molecule has 3 unspecified atom stereocenters. The number of furan rings is 1. The normalized spacial score (nSPS) is 28.8. The number of nitrogens with zero attached hydrogens (tertiary/aromatic N) is 1. The number of piperidine rings is 3. The van der Waals surface area contributed by atoms with E-state index in [2.05, 4.69) is 17.1 Å². The minimum atomic E-state index is -0.356. The zero-order valence-corrected chi connectivity index (χ0v) is 13.7. The molecule has 3 aliphatic rings. The Morgan fingerprint density at radius 1 is 1.29 bits per heavy atom. The maximum Gasteiger partial charge on any atom is 0.287 e. The van der Waals surface area contributed by atoms with Gasteiger partial charge in [-0.3, -0.25) is 9.69 Å². The first kappa shape index (κ1) is 15.4. The minimum absolute atomic E-state index is 0.171. The molecule has 3 saturated heterocycles. The fourth-order valence-corrected chi connectivity index (χ4v) is 3.96. The smallest absolute Gasteiger partial charge is 0.287 e. The molecule has 2 bridgehead atoms. The number of nitrogens with one attached hydrogen (secondary N) is 1. The fraction of sp³-hybridized carbons (Fsp3) is 0.421. The summed E-state index contributed by atoms with van der Waals surface area (Å²) in [5, 5.41) is 3.10. The molecule has 0 saturated carbocycles. The van der Waals surface area contributed by atoms with Crippen LogP contribution in [0.4, 0.5) is 4.39 Å². The Bertz CT molecular complexity index is 757. The van der Waals surface area contributed by atoms with Crippen LogP contribution in [-0.2, 0) is 0 Å². The maximum atomic E-state index is 13.8. The van der Waals surface area contributed by atoms with Crippen LogP contribution in [0.1, 0.15) is 30.3 Å². The summed E-state index contributed by atoms with van der Waals surface area (Å²) in [4.78, 5) is 14.9. The maximum absolute atomic E-state index is 13.8. The van der Waals surface area contributed by atoms with E-state index in [0.29, 0.717) is 23.3 Å². The van der Waals surface area contributed by atoms with Gasteiger partial charge in [0.2, 0.25) is 0 Å². The monoisotopic (exact) mass is 328 g/mol. The SMILES string of the molecule is CC1CC2CCN1C[C@@H]2NC(=O)c1ccc(-c2ccccc2F)o1. The van der Waals surface area contributed by atoms with Gasteiger partial charge in [0.25, 0.3) is 5.91 Å². The molecular formula is C19H21FN2O2. The van der Waals surface area contributed by atoms with Gasteiger partial charge in [-0.25, -0.2) is 4.39 Å². The summed E-state index contributed by atoms with van der Waals surface area (Å²) in [6, 6.07) is 10.4. The molecule has 126 valence electrons. The summed E-state index contributed by atoms with van der Waals surface area (Å²) in [6.07, 6.45) is 2.26. The number of carbonyl (C=O) groups is 1. The summed E-state index contributed by atoms with van der Waals surface area (Å²) in [5.74, 6) is 0.572. The van der Waals surface area contributed by atoms with Crippen molar-refractivity contribution in [3.8, 4) is 11.3 Å². The van der Waals surface area contributed by atoms with E-state index in [0.717, 1.165) is 25.9 Å². The van der Waals surface area contributed by atoms with Crippen LogP contribution in [0.5, 0.6) is 0 Å². The molecular weight excluding hydrogens is 307 g/mol. The van der Waals surface area contributed by atoms with E-state index >= 15 is 0 Å². The fourth-order valence-electron chi connectivity index (χ4n) is 3.96. The van der Waals surface area contributed by atoms with Gasteiger partial charge in [0.05, 0.1) is 5.56 Å². The van der Waals surface area contributed by atoms with Crippen molar-refractivity contribution in [2.45, 2.75) is 31.8 Å². The van der Waals surface area contributed by atoms with E-state index < -0.39 is 0 Å². The lowest BCUT2D eigenvalue weighted by Crippen LogP contribution is -2.60. The zero-order chi connectivity index (χ0) is 16.7. The molecule has 1 aromatic carbocycles. The van der Waals surface area contributed by atoms with Crippen molar-refractivity contribution < 1.29 is 13.6 Å². The summed E-state index contributed by atoms with van der Waals surface area (Å²) < 4.78 is 19.4. The van der Waals surface area contributed by atoms with Crippen LogP contribution < -0.4 is 5.32 Å². The Labute approximate surface area is 140 Å². The molecule has 5 rings (SSSR count). The van der Waals surface area contributed by atoms with E-state index in [9.17, 15) is 9.18 Å². The molecule has 1 aromatic heterocycles. The number of hydrogen-bond acceptors (Lipinski definition) is 3. The van der Waals surface area contributed by atoms with Crippen molar-refractivity contribution in [3.63, 3.8) is 0 Å².